The lowest BCUT2D eigenvalue weighted by molar-refractivity contribution is 0.628. The Bertz CT molecular complexity index is 1270. The molecule has 0 radical (unpaired) electrons. The van der Waals surface area contributed by atoms with Gasteiger partial charge in [-0.1, -0.05) is 24.2 Å². The first-order chi connectivity index (χ1) is 13.1. The number of nitrogens with zero attached hydrogens (tertiary/aromatic N) is 2. The molecular weight excluding hydrogens is 369 g/mol. The summed E-state index contributed by atoms with van der Waals surface area (Å²) in [4.78, 5) is 25.6. The molecule has 0 bridgehead atoms. The van der Waals surface area contributed by atoms with Crippen molar-refractivity contribution in [2.45, 2.75) is 0 Å². The van der Waals surface area contributed by atoms with Crippen LogP contribution in [0.4, 0.5) is 21.6 Å². The van der Waals surface area contributed by atoms with E-state index in [1.807, 2.05) is 6.07 Å². The fourth-order valence-corrected chi connectivity index (χ4v) is 2.98. The number of hydrogen-bond donors (Lipinski definition) is 3. The van der Waals surface area contributed by atoms with Gasteiger partial charge in [-0.15, -0.1) is 0 Å². The summed E-state index contributed by atoms with van der Waals surface area (Å²) < 4.78 is 13.4. The van der Waals surface area contributed by atoms with Crippen molar-refractivity contribution >= 4 is 39.8 Å². The van der Waals surface area contributed by atoms with E-state index < -0.39 is 11.4 Å². The number of hydrogen-bond acceptors (Lipinski definition) is 3. The van der Waals surface area contributed by atoms with Crippen LogP contribution < -0.4 is 10.9 Å². The van der Waals surface area contributed by atoms with E-state index in [0.717, 1.165) is 11.1 Å². The molecule has 0 unspecified atom stereocenters. The molecule has 1 aromatic carbocycles. The lowest BCUT2D eigenvalue weighted by atomic mass is 10.1. The monoisotopic (exact) mass is 379 g/mol. The summed E-state index contributed by atoms with van der Waals surface area (Å²) in [6.07, 6.45) is 3.39. The number of pyridine rings is 2. The molecule has 3 aromatic heterocycles. The first-order valence-electron chi connectivity index (χ1n) is 7.86. The number of H-pyrrole nitrogens is 2. The fourth-order valence-electron chi connectivity index (χ4n) is 2.80. The first-order valence-corrected chi connectivity index (χ1v) is 8.24. The molecule has 6 nitrogen and oxygen atoms in total. The highest BCUT2D eigenvalue weighted by atomic mass is 35.5. The Morgan fingerprint density at radius 1 is 1.19 bits per heavy atom. The minimum atomic E-state index is -0.570. The van der Waals surface area contributed by atoms with Gasteiger partial charge in [-0.3, -0.25) is 4.98 Å². The van der Waals surface area contributed by atoms with E-state index in [9.17, 15) is 9.18 Å². The van der Waals surface area contributed by atoms with Crippen molar-refractivity contribution in [1.82, 2.24) is 15.0 Å². The number of anilines is 2. The van der Waals surface area contributed by atoms with Crippen molar-refractivity contribution < 1.29 is 4.39 Å². The Hall–Kier alpha value is -3.63. The molecule has 0 spiro atoms. The molecule has 0 saturated heterocycles. The average molecular weight is 380 g/mol. The molecular formula is C19H11ClFN5O. The number of rotatable bonds is 3. The van der Waals surface area contributed by atoms with Crippen molar-refractivity contribution in [3.8, 4) is 11.1 Å². The summed E-state index contributed by atoms with van der Waals surface area (Å²) in [5.74, 6) is -0.503. The summed E-state index contributed by atoms with van der Waals surface area (Å²) in [6.45, 7) is 7.34. The molecule has 27 heavy (non-hydrogen) atoms. The predicted octanol–water partition coefficient (Wildman–Crippen LogP) is 5.01. The number of halogens is 2. The lowest BCUT2D eigenvalue weighted by Crippen LogP contribution is -2.10. The molecule has 3 heterocycles. The smallest absolute Gasteiger partial charge is 0.324 e. The molecule has 0 aliphatic rings. The minimum Gasteiger partial charge on any atom is -0.363 e. The Morgan fingerprint density at radius 3 is 2.81 bits per heavy atom. The van der Waals surface area contributed by atoms with Crippen molar-refractivity contribution in [3.63, 3.8) is 0 Å². The van der Waals surface area contributed by atoms with E-state index in [2.05, 4.69) is 25.1 Å². The van der Waals surface area contributed by atoms with E-state index in [-0.39, 0.29) is 16.4 Å². The van der Waals surface area contributed by atoms with E-state index in [0.29, 0.717) is 16.9 Å². The van der Waals surface area contributed by atoms with Crippen LogP contribution >= 0.6 is 11.6 Å². The quantitative estimate of drug-likeness (QED) is 0.438. The van der Waals surface area contributed by atoms with Crippen molar-refractivity contribution in [2.24, 2.45) is 0 Å². The van der Waals surface area contributed by atoms with Crippen LogP contribution in [-0.4, -0.2) is 15.0 Å². The zero-order valence-electron chi connectivity index (χ0n) is 13.7. The van der Waals surface area contributed by atoms with Gasteiger partial charge in [-0.2, -0.15) is 0 Å². The van der Waals surface area contributed by atoms with Crippen LogP contribution in [0.5, 0.6) is 0 Å². The maximum atomic E-state index is 13.4. The van der Waals surface area contributed by atoms with Crippen molar-refractivity contribution in [2.75, 3.05) is 5.32 Å². The molecule has 3 N–H and O–H groups in total. The van der Waals surface area contributed by atoms with E-state index in [1.165, 1.54) is 18.2 Å². The zero-order chi connectivity index (χ0) is 19.0. The Kier molecular flexibility index (Phi) is 4.11. The average Bonchev–Trinajstić information content (AvgIpc) is 3.15. The minimum absolute atomic E-state index is 0.0671. The van der Waals surface area contributed by atoms with E-state index >= 15 is 0 Å². The maximum Gasteiger partial charge on any atom is 0.324 e. The Morgan fingerprint density at radius 2 is 2.04 bits per heavy atom. The van der Waals surface area contributed by atoms with Gasteiger partial charge >= 0.3 is 5.56 Å². The second-order valence-electron chi connectivity index (χ2n) is 5.74. The normalized spacial score (nSPS) is 10.7. The number of benzene rings is 1. The van der Waals surface area contributed by atoms with Crippen LogP contribution in [0.1, 0.15) is 0 Å². The molecule has 8 heteroatoms. The van der Waals surface area contributed by atoms with Crippen LogP contribution in [0.2, 0.25) is 5.02 Å². The molecule has 0 aliphatic heterocycles. The third kappa shape index (κ3) is 3.03. The van der Waals surface area contributed by atoms with Gasteiger partial charge < -0.3 is 15.1 Å². The SMILES string of the molecule is [C-]#[N+]c1[nH]c(=O)c(-c2ccc(F)c(Cl)c2)cc1Nc1ccnc2[nH]ccc12. The highest BCUT2D eigenvalue weighted by Gasteiger charge is 2.14. The second kappa shape index (κ2) is 6.59. The molecule has 132 valence electrons. The van der Waals surface area contributed by atoms with Gasteiger partial charge in [0.1, 0.15) is 11.5 Å². The van der Waals surface area contributed by atoms with Gasteiger partial charge in [0.15, 0.2) is 0 Å². The van der Waals surface area contributed by atoms with E-state index in [4.69, 9.17) is 18.2 Å². The van der Waals surface area contributed by atoms with Gasteiger partial charge in [0.05, 0.1) is 22.0 Å². The Labute approximate surface area is 157 Å². The van der Waals surface area contributed by atoms with Gasteiger partial charge in [0.2, 0.25) is 0 Å². The third-order valence-corrected chi connectivity index (χ3v) is 4.38. The summed E-state index contributed by atoms with van der Waals surface area (Å²) in [5, 5.41) is 3.92. The molecule has 4 rings (SSSR count). The Balaban J connectivity index is 1.85. The number of nitrogens with one attached hydrogen (secondary N) is 3. The molecule has 0 saturated carbocycles. The van der Waals surface area contributed by atoms with Gasteiger partial charge in [0.25, 0.3) is 5.82 Å². The van der Waals surface area contributed by atoms with Crippen LogP contribution in [0.25, 0.3) is 27.0 Å². The topological polar surface area (TPSA) is 77.9 Å². The van der Waals surface area contributed by atoms with Crippen LogP contribution in [-0.2, 0) is 0 Å². The standard InChI is InChI=1S/C19H11ClFN5O/c1-22-18-16(25-15-5-7-24-17-11(15)4-6-23-17)9-12(19(27)26-18)10-2-3-14(21)13(20)8-10/h2-9H,(H,26,27)(H2,23,24,25). The van der Waals surface area contributed by atoms with Crippen molar-refractivity contribution in [3.05, 3.63) is 81.4 Å². The number of aromatic amines is 2. The van der Waals surface area contributed by atoms with Crippen LogP contribution in [0.15, 0.2) is 53.6 Å². The lowest BCUT2D eigenvalue weighted by Gasteiger charge is -2.11. The van der Waals surface area contributed by atoms with Crippen LogP contribution in [0, 0.1) is 12.4 Å². The highest BCUT2D eigenvalue weighted by Crippen LogP contribution is 2.32. The molecule has 4 aromatic rings. The first kappa shape index (κ1) is 16.8. The molecule has 0 atom stereocenters. The predicted molar refractivity (Wildman–Crippen MR) is 103 cm³/mol. The summed E-state index contributed by atoms with van der Waals surface area (Å²) in [5.41, 5.74) is 2.08. The second-order valence-corrected chi connectivity index (χ2v) is 6.15. The third-order valence-electron chi connectivity index (χ3n) is 4.09. The van der Waals surface area contributed by atoms with Gasteiger partial charge in [-0.25, -0.2) is 14.2 Å². The zero-order valence-corrected chi connectivity index (χ0v) is 14.4. The molecule has 0 amide bonds. The largest absolute Gasteiger partial charge is 0.363 e. The fraction of sp³-hybridized carbons (Fsp3) is 0. The molecule has 0 aliphatic carbocycles. The maximum absolute atomic E-state index is 13.4. The van der Waals surface area contributed by atoms with Crippen molar-refractivity contribution in [1.29, 1.82) is 0 Å². The highest BCUT2D eigenvalue weighted by molar-refractivity contribution is 6.31. The van der Waals surface area contributed by atoms with E-state index in [1.54, 1.807) is 24.5 Å². The van der Waals surface area contributed by atoms with Gasteiger partial charge in [0, 0.05) is 17.8 Å². The number of fused-ring (bicyclic) bond motifs is 1. The summed E-state index contributed by atoms with van der Waals surface area (Å²) >= 11 is 5.84. The number of aromatic nitrogens is 3. The molecule has 0 fully saturated rings. The summed E-state index contributed by atoms with van der Waals surface area (Å²) in [6, 6.07) is 9.20. The van der Waals surface area contributed by atoms with Gasteiger partial charge in [-0.05, 0) is 35.9 Å². The van der Waals surface area contributed by atoms with Crippen LogP contribution in [0.3, 0.4) is 0 Å². The summed E-state index contributed by atoms with van der Waals surface area (Å²) in [7, 11) is 0.